The van der Waals surface area contributed by atoms with Crippen LogP contribution in [0.25, 0.3) is 11.0 Å². The zero-order chi connectivity index (χ0) is 13.4. The summed E-state index contributed by atoms with van der Waals surface area (Å²) in [5, 5.41) is 8.96. The van der Waals surface area contributed by atoms with Gasteiger partial charge < -0.3 is 14.0 Å². The third kappa shape index (κ3) is 1.99. The molecule has 1 atom stereocenters. The van der Waals surface area contributed by atoms with E-state index in [1.807, 2.05) is 26.0 Å². The van der Waals surface area contributed by atoms with E-state index in [2.05, 4.69) is 15.6 Å². The quantitative estimate of drug-likeness (QED) is 0.828. The SMILES string of the molecule is Cc1nc2cc3c(cc2n1CC(C)C#N)OCCO3. The Morgan fingerprint density at radius 1 is 1.37 bits per heavy atom. The Bertz CT molecular complexity index is 669. The van der Waals surface area contributed by atoms with E-state index in [0.717, 1.165) is 28.4 Å². The number of nitrogens with zero attached hydrogens (tertiary/aromatic N) is 3. The first-order valence-corrected chi connectivity index (χ1v) is 6.35. The summed E-state index contributed by atoms with van der Waals surface area (Å²) in [5.41, 5.74) is 1.87. The fourth-order valence-electron chi connectivity index (χ4n) is 2.33. The molecule has 1 aliphatic rings. The molecule has 0 spiro atoms. The first-order chi connectivity index (χ1) is 9.19. The van der Waals surface area contributed by atoms with Crippen LogP contribution in [-0.2, 0) is 6.54 Å². The maximum atomic E-state index is 8.96. The number of rotatable bonds is 2. The molecule has 5 nitrogen and oxygen atoms in total. The minimum absolute atomic E-state index is 0.0516. The molecule has 2 aromatic rings. The highest BCUT2D eigenvalue weighted by Crippen LogP contribution is 2.34. The summed E-state index contributed by atoms with van der Waals surface area (Å²) in [5.74, 6) is 2.35. The van der Waals surface area contributed by atoms with Crippen molar-refractivity contribution >= 4 is 11.0 Å². The van der Waals surface area contributed by atoms with Gasteiger partial charge in [-0.2, -0.15) is 5.26 Å². The molecule has 0 fully saturated rings. The molecule has 5 heteroatoms. The van der Waals surface area contributed by atoms with Gasteiger partial charge in [0.1, 0.15) is 19.0 Å². The largest absolute Gasteiger partial charge is 0.486 e. The van der Waals surface area contributed by atoms with Gasteiger partial charge >= 0.3 is 0 Å². The van der Waals surface area contributed by atoms with Gasteiger partial charge in [0, 0.05) is 18.7 Å². The summed E-state index contributed by atoms with van der Waals surface area (Å²) in [6.45, 7) is 5.64. The molecule has 0 radical (unpaired) electrons. The summed E-state index contributed by atoms with van der Waals surface area (Å²) in [7, 11) is 0. The molecule has 1 unspecified atom stereocenters. The van der Waals surface area contributed by atoms with Crippen molar-refractivity contribution in [3.05, 3.63) is 18.0 Å². The smallest absolute Gasteiger partial charge is 0.163 e. The van der Waals surface area contributed by atoms with Gasteiger partial charge in [0.2, 0.25) is 0 Å². The van der Waals surface area contributed by atoms with Crippen molar-refractivity contribution in [2.24, 2.45) is 5.92 Å². The van der Waals surface area contributed by atoms with Crippen LogP contribution in [0.4, 0.5) is 0 Å². The van der Waals surface area contributed by atoms with Crippen molar-refractivity contribution < 1.29 is 9.47 Å². The summed E-state index contributed by atoms with van der Waals surface area (Å²) in [4.78, 5) is 4.53. The normalized spacial score (nSPS) is 15.2. The zero-order valence-electron chi connectivity index (χ0n) is 11.0. The number of aryl methyl sites for hydroxylation is 1. The van der Waals surface area contributed by atoms with E-state index in [4.69, 9.17) is 14.7 Å². The number of imidazole rings is 1. The third-order valence-electron chi connectivity index (χ3n) is 3.28. The summed E-state index contributed by atoms with van der Waals surface area (Å²) >= 11 is 0. The second kappa shape index (κ2) is 4.47. The Labute approximate surface area is 111 Å². The maximum Gasteiger partial charge on any atom is 0.163 e. The van der Waals surface area contributed by atoms with E-state index in [1.165, 1.54) is 0 Å². The Hall–Kier alpha value is -2.22. The predicted octanol–water partition coefficient (Wildman–Crippen LogP) is 2.28. The summed E-state index contributed by atoms with van der Waals surface area (Å²) in [6.07, 6.45) is 0. The van der Waals surface area contributed by atoms with E-state index in [9.17, 15) is 0 Å². The minimum Gasteiger partial charge on any atom is -0.486 e. The van der Waals surface area contributed by atoms with Crippen molar-refractivity contribution in [3.8, 4) is 17.6 Å². The van der Waals surface area contributed by atoms with Crippen molar-refractivity contribution in [2.75, 3.05) is 13.2 Å². The van der Waals surface area contributed by atoms with Crippen LogP contribution in [0.3, 0.4) is 0 Å². The van der Waals surface area contributed by atoms with Crippen LogP contribution < -0.4 is 9.47 Å². The molecule has 1 aromatic carbocycles. The van der Waals surface area contributed by atoms with E-state index in [0.29, 0.717) is 19.8 Å². The predicted molar refractivity (Wildman–Crippen MR) is 70.2 cm³/mol. The molecule has 0 N–H and O–H groups in total. The number of nitriles is 1. The Balaban J connectivity index is 2.12. The first kappa shape index (κ1) is 11.8. The molecule has 0 aliphatic carbocycles. The molecule has 0 saturated heterocycles. The van der Waals surface area contributed by atoms with Crippen molar-refractivity contribution in [1.82, 2.24) is 9.55 Å². The maximum absolute atomic E-state index is 8.96. The molecule has 0 bridgehead atoms. The molecule has 1 aliphatic heterocycles. The first-order valence-electron chi connectivity index (χ1n) is 6.35. The van der Waals surface area contributed by atoms with Crippen molar-refractivity contribution in [2.45, 2.75) is 20.4 Å². The van der Waals surface area contributed by atoms with E-state index < -0.39 is 0 Å². The Morgan fingerprint density at radius 3 is 2.74 bits per heavy atom. The second-order valence-electron chi connectivity index (χ2n) is 4.78. The van der Waals surface area contributed by atoms with Crippen LogP contribution in [0.5, 0.6) is 11.5 Å². The molecule has 1 aromatic heterocycles. The average Bonchev–Trinajstić information content (AvgIpc) is 2.72. The van der Waals surface area contributed by atoms with Gasteiger partial charge in [-0.25, -0.2) is 4.98 Å². The molecule has 0 saturated carbocycles. The van der Waals surface area contributed by atoms with Gasteiger partial charge in [0.05, 0.1) is 23.0 Å². The van der Waals surface area contributed by atoms with Gasteiger partial charge in [-0.1, -0.05) is 0 Å². The van der Waals surface area contributed by atoms with Crippen LogP contribution in [0.15, 0.2) is 12.1 Å². The molecule has 19 heavy (non-hydrogen) atoms. The summed E-state index contributed by atoms with van der Waals surface area (Å²) < 4.78 is 13.2. The van der Waals surface area contributed by atoms with Crippen LogP contribution in [0.2, 0.25) is 0 Å². The number of fused-ring (bicyclic) bond motifs is 2. The minimum atomic E-state index is -0.0516. The molecule has 2 heterocycles. The number of benzene rings is 1. The highest BCUT2D eigenvalue weighted by atomic mass is 16.6. The van der Waals surface area contributed by atoms with Crippen molar-refractivity contribution in [1.29, 1.82) is 5.26 Å². The van der Waals surface area contributed by atoms with E-state index in [-0.39, 0.29) is 5.92 Å². The third-order valence-corrected chi connectivity index (χ3v) is 3.28. The molecule has 98 valence electrons. The highest BCUT2D eigenvalue weighted by Gasteiger charge is 2.17. The van der Waals surface area contributed by atoms with Gasteiger partial charge in [-0.3, -0.25) is 0 Å². The fourth-order valence-corrected chi connectivity index (χ4v) is 2.33. The molecular weight excluding hydrogens is 242 g/mol. The van der Waals surface area contributed by atoms with Crippen LogP contribution in [0, 0.1) is 24.2 Å². The Morgan fingerprint density at radius 2 is 2.05 bits per heavy atom. The van der Waals surface area contributed by atoms with Crippen LogP contribution in [-0.4, -0.2) is 22.8 Å². The lowest BCUT2D eigenvalue weighted by Gasteiger charge is -2.18. The number of hydrogen-bond donors (Lipinski definition) is 0. The molecule has 3 rings (SSSR count). The number of ether oxygens (including phenoxy) is 2. The van der Waals surface area contributed by atoms with Gasteiger partial charge in [-0.15, -0.1) is 0 Å². The topological polar surface area (TPSA) is 60.1 Å². The zero-order valence-corrected chi connectivity index (χ0v) is 11.0. The van der Waals surface area contributed by atoms with Gasteiger partial charge in [0.25, 0.3) is 0 Å². The van der Waals surface area contributed by atoms with Crippen molar-refractivity contribution in [3.63, 3.8) is 0 Å². The molecule has 0 amide bonds. The standard InChI is InChI=1S/C14H15N3O2/c1-9(7-15)8-17-10(2)16-11-5-13-14(6-12(11)17)19-4-3-18-13/h5-6,9H,3-4,8H2,1-2H3. The van der Waals surface area contributed by atoms with Gasteiger partial charge in [0.15, 0.2) is 11.5 Å². The van der Waals surface area contributed by atoms with E-state index in [1.54, 1.807) is 0 Å². The van der Waals surface area contributed by atoms with Crippen LogP contribution >= 0.6 is 0 Å². The van der Waals surface area contributed by atoms with E-state index >= 15 is 0 Å². The lowest BCUT2D eigenvalue weighted by molar-refractivity contribution is 0.172. The average molecular weight is 257 g/mol. The highest BCUT2D eigenvalue weighted by molar-refractivity contribution is 5.80. The Kier molecular flexibility index (Phi) is 2.79. The van der Waals surface area contributed by atoms with Gasteiger partial charge in [-0.05, 0) is 13.8 Å². The second-order valence-corrected chi connectivity index (χ2v) is 4.78. The number of aromatic nitrogens is 2. The lowest BCUT2D eigenvalue weighted by atomic mass is 10.2. The lowest BCUT2D eigenvalue weighted by Crippen LogP contribution is -2.15. The molecular formula is C14H15N3O2. The number of hydrogen-bond acceptors (Lipinski definition) is 4. The summed E-state index contributed by atoms with van der Waals surface area (Å²) in [6, 6.07) is 6.11. The van der Waals surface area contributed by atoms with Crippen LogP contribution in [0.1, 0.15) is 12.7 Å². The monoisotopic (exact) mass is 257 g/mol. The fraction of sp³-hybridized carbons (Fsp3) is 0.429.